The van der Waals surface area contributed by atoms with Gasteiger partial charge in [-0.05, 0) is 29.9 Å². The van der Waals surface area contributed by atoms with Crippen molar-refractivity contribution in [1.29, 1.82) is 0 Å². The molecule has 0 aliphatic heterocycles. The number of halogens is 2. The van der Waals surface area contributed by atoms with Gasteiger partial charge in [-0.3, -0.25) is 0 Å². The Morgan fingerprint density at radius 2 is 2.18 bits per heavy atom. The van der Waals surface area contributed by atoms with Crippen LogP contribution in [-0.4, -0.2) is 5.75 Å². The monoisotopic (exact) mass is 234 g/mol. The van der Waals surface area contributed by atoms with Crippen LogP contribution in [0.15, 0.2) is 22.7 Å². The molecule has 0 aliphatic rings. The number of aryl methyl sites for hydroxylation is 1. The molecule has 0 unspecified atom stereocenters. The highest BCUT2D eigenvalue weighted by atomic mass is 79.9. The highest BCUT2D eigenvalue weighted by Gasteiger charge is 1.99. The van der Waals surface area contributed by atoms with Gasteiger partial charge in [-0.25, -0.2) is 4.39 Å². The van der Waals surface area contributed by atoms with E-state index < -0.39 is 0 Å². The smallest absolute Gasteiger partial charge is 0.124 e. The third kappa shape index (κ3) is 2.49. The molecule has 0 spiro atoms. The third-order valence-corrected chi connectivity index (χ3v) is 2.36. The molecule has 1 rings (SSSR count). The predicted molar refractivity (Wildman–Crippen MR) is 51.7 cm³/mol. The maximum atomic E-state index is 12.5. The Morgan fingerprint density at radius 1 is 1.45 bits per heavy atom. The van der Waals surface area contributed by atoms with Gasteiger partial charge in [-0.2, -0.15) is 12.6 Å². The summed E-state index contributed by atoms with van der Waals surface area (Å²) in [4.78, 5) is 0. The summed E-state index contributed by atoms with van der Waals surface area (Å²) in [5, 5.41) is 0. The first-order valence-corrected chi connectivity index (χ1v) is 4.71. The molecule has 60 valence electrons. The van der Waals surface area contributed by atoms with Gasteiger partial charge in [0.25, 0.3) is 0 Å². The highest BCUT2D eigenvalue weighted by molar-refractivity contribution is 9.10. The first kappa shape index (κ1) is 9.07. The van der Waals surface area contributed by atoms with Gasteiger partial charge in [-0.1, -0.05) is 22.0 Å². The average molecular weight is 235 g/mol. The Labute approximate surface area is 79.3 Å². The first-order valence-electron chi connectivity index (χ1n) is 3.29. The van der Waals surface area contributed by atoms with E-state index in [0.29, 0.717) is 0 Å². The van der Waals surface area contributed by atoms with Gasteiger partial charge in [0, 0.05) is 4.47 Å². The zero-order valence-electron chi connectivity index (χ0n) is 5.85. The van der Waals surface area contributed by atoms with Crippen molar-refractivity contribution in [2.45, 2.75) is 6.42 Å². The van der Waals surface area contributed by atoms with Crippen molar-refractivity contribution in [3.8, 4) is 0 Å². The fourth-order valence-electron chi connectivity index (χ4n) is 0.845. The van der Waals surface area contributed by atoms with Crippen molar-refractivity contribution in [3.63, 3.8) is 0 Å². The second-order valence-electron chi connectivity index (χ2n) is 2.21. The fraction of sp³-hybridized carbons (Fsp3) is 0.250. The Bertz CT molecular complexity index is 250. The van der Waals surface area contributed by atoms with Crippen molar-refractivity contribution in [2.24, 2.45) is 0 Å². The normalized spacial score (nSPS) is 10.1. The Kier molecular flexibility index (Phi) is 3.40. The maximum Gasteiger partial charge on any atom is 0.124 e. The van der Waals surface area contributed by atoms with E-state index in [2.05, 4.69) is 28.6 Å². The van der Waals surface area contributed by atoms with Crippen molar-refractivity contribution in [2.75, 3.05) is 5.75 Å². The number of thiol groups is 1. The van der Waals surface area contributed by atoms with Gasteiger partial charge in [0.1, 0.15) is 5.82 Å². The van der Waals surface area contributed by atoms with Crippen LogP contribution in [0.2, 0.25) is 0 Å². The predicted octanol–water partition coefficient (Wildman–Crippen LogP) is 3.06. The van der Waals surface area contributed by atoms with E-state index in [1.165, 1.54) is 12.1 Å². The zero-order valence-corrected chi connectivity index (χ0v) is 8.33. The minimum Gasteiger partial charge on any atom is -0.207 e. The average Bonchev–Trinajstić information content (AvgIpc) is 1.95. The molecular formula is C8H8BrFS. The molecule has 0 aromatic heterocycles. The number of benzene rings is 1. The summed E-state index contributed by atoms with van der Waals surface area (Å²) in [6, 6.07) is 4.71. The van der Waals surface area contributed by atoms with Crippen molar-refractivity contribution in [3.05, 3.63) is 34.1 Å². The number of rotatable bonds is 2. The summed E-state index contributed by atoms with van der Waals surface area (Å²) in [6.45, 7) is 0. The minimum absolute atomic E-state index is 0.209. The van der Waals surface area contributed by atoms with E-state index in [0.717, 1.165) is 22.2 Å². The second-order valence-corrected chi connectivity index (χ2v) is 3.51. The molecule has 1 aromatic carbocycles. The second kappa shape index (κ2) is 4.12. The standard InChI is InChI=1S/C8H8BrFS/c9-8-5-7(10)2-1-6(8)3-4-11/h1-2,5,11H,3-4H2. The van der Waals surface area contributed by atoms with E-state index in [-0.39, 0.29) is 5.82 Å². The Morgan fingerprint density at radius 3 is 2.73 bits per heavy atom. The summed E-state index contributed by atoms with van der Waals surface area (Å²) in [7, 11) is 0. The van der Waals surface area contributed by atoms with Crippen molar-refractivity contribution >= 4 is 28.6 Å². The van der Waals surface area contributed by atoms with E-state index in [1.54, 1.807) is 6.07 Å². The topological polar surface area (TPSA) is 0 Å². The molecule has 0 radical (unpaired) electrons. The molecule has 0 bridgehead atoms. The Balaban J connectivity index is 2.90. The van der Waals surface area contributed by atoms with Crippen LogP contribution in [0.4, 0.5) is 4.39 Å². The number of hydrogen-bond acceptors (Lipinski definition) is 1. The van der Waals surface area contributed by atoms with Crippen LogP contribution in [0.5, 0.6) is 0 Å². The summed E-state index contributed by atoms with van der Waals surface area (Å²) >= 11 is 7.36. The zero-order chi connectivity index (χ0) is 8.27. The molecular weight excluding hydrogens is 227 g/mol. The van der Waals surface area contributed by atoms with Crippen molar-refractivity contribution < 1.29 is 4.39 Å². The lowest BCUT2D eigenvalue weighted by atomic mass is 10.2. The van der Waals surface area contributed by atoms with E-state index in [9.17, 15) is 4.39 Å². The van der Waals surface area contributed by atoms with Crippen LogP contribution < -0.4 is 0 Å². The molecule has 11 heavy (non-hydrogen) atoms. The Hall–Kier alpha value is -0.0200. The summed E-state index contributed by atoms with van der Waals surface area (Å²) < 4.78 is 13.4. The van der Waals surface area contributed by atoms with Crippen LogP contribution in [0.3, 0.4) is 0 Å². The van der Waals surface area contributed by atoms with E-state index >= 15 is 0 Å². The molecule has 0 saturated carbocycles. The first-order chi connectivity index (χ1) is 5.24. The molecule has 0 saturated heterocycles. The molecule has 0 fully saturated rings. The van der Waals surface area contributed by atoms with Crippen molar-refractivity contribution in [1.82, 2.24) is 0 Å². The van der Waals surface area contributed by atoms with Gasteiger partial charge < -0.3 is 0 Å². The molecule has 1 aromatic rings. The molecule has 0 nitrogen and oxygen atoms in total. The third-order valence-electron chi connectivity index (χ3n) is 1.40. The fourth-order valence-corrected chi connectivity index (χ4v) is 1.63. The minimum atomic E-state index is -0.209. The van der Waals surface area contributed by atoms with Crippen LogP contribution in [-0.2, 0) is 6.42 Å². The molecule has 0 atom stereocenters. The quantitative estimate of drug-likeness (QED) is 0.748. The largest absolute Gasteiger partial charge is 0.207 e. The molecule has 3 heteroatoms. The van der Waals surface area contributed by atoms with E-state index in [4.69, 9.17) is 0 Å². The molecule has 0 heterocycles. The molecule has 0 aliphatic carbocycles. The summed E-state index contributed by atoms with van der Waals surface area (Å²) in [5.41, 5.74) is 1.10. The van der Waals surface area contributed by atoms with E-state index in [1.807, 2.05) is 0 Å². The number of hydrogen-bond donors (Lipinski definition) is 1. The van der Waals surface area contributed by atoms with Crippen LogP contribution in [0, 0.1) is 5.82 Å². The SMILES string of the molecule is Fc1ccc(CCS)c(Br)c1. The summed E-state index contributed by atoms with van der Waals surface area (Å²) in [5.74, 6) is 0.573. The summed E-state index contributed by atoms with van der Waals surface area (Å²) in [6.07, 6.45) is 0.865. The van der Waals surface area contributed by atoms with Crippen LogP contribution in [0.1, 0.15) is 5.56 Å². The lowest BCUT2D eigenvalue weighted by molar-refractivity contribution is 0.626. The lowest BCUT2D eigenvalue weighted by Crippen LogP contribution is -1.88. The molecule has 0 amide bonds. The van der Waals surface area contributed by atoms with Gasteiger partial charge >= 0.3 is 0 Å². The maximum absolute atomic E-state index is 12.5. The van der Waals surface area contributed by atoms with Crippen LogP contribution >= 0.6 is 28.6 Å². The molecule has 0 N–H and O–H groups in total. The van der Waals surface area contributed by atoms with Gasteiger partial charge in [0.05, 0.1) is 0 Å². The highest BCUT2D eigenvalue weighted by Crippen LogP contribution is 2.18. The lowest BCUT2D eigenvalue weighted by Gasteiger charge is -2.00. The van der Waals surface area contributed by atoms with Gasteiger partial charge in [0.2, 0.25) is 0 Å². The van der Waals surface area contributed by atoms with Gasteiger partial charge in [0.15, 0.2) is 0 Å². The van der Waals surface area contributed by atoms with Crippen LogP contribution in [0.25, 0.3) is 0 Å². The van der Waals surface area contributed by atoms with Gasteiger partial charge in [-0.15, -0.1) is 0 Å².